The molecule has 0 aliphatic rings. The zero-order chi connectivity index (χ0) is 5.54. The fourth-order valence-electron chi connectivity index (χ4n) is 0.273. The van der Waals surface area contributed by atoms with Crippen molar-refractivity contribution in [3.05, 3.63) is 0 Å². The summed E-state index contributed by atoms with van der Waals surface area (Å²) in [7, 11) is 0. The van der Waals surface area contributed by atoms with Gasteiger partial charge in [-0.3, -0.25) is 0 Å². The Morgan fingerprint density at radius 3 is 2.57 bits per heavy atom. The fourth-order valence-corrected chi connectivity index (χ4v) is 0.273. The van der Waals surface area contributed by atoms with Crippen LogP contribution in [0.4, 0.5) is 0 Å². The first-order valence-corrected chi connectivity index (χ1v) is 2.27. The van der Waals surface area contributed by atoms with Crippen molar-refractivity contribution >= 4 is 0 Å². The fraction of sp³-hybridized carbons (Fsp3) is 1.00. The number of aliphatic hydroxyl groups is 1. The van der Waals surface area contributed by atoms with Crippen LogP contribution in [0.25, 0.3) is 0 Å². The molecule has 0 spiro atoms. The van der Waals surface area contributed by atoms with Gasteiger partial charge in [0.15, 0.2) is 0 Å². The lowest BCUT2D eigenvalue weighted by molar-refractivity contribution is -0.304. The molecule has 0 fully saturated rings. The van der Waals surface area contributed by atoms with Crippen LogP contribution in [0.1, 0.15) is 12.8 Å². The molecule has 1 radical (unpaired) electrons. The number of hydrogen-bond acceptors (Lipinski definition) is 2. The lowest BCUT2D eigenvalue weighted by Crippen LogP contribution is -1.89. The molecule has 1 N–H and O–H groups in total. The van der Waals surface area contributed by atoms with E-state index in [0.717, 1.165) is 0 Å². The van der Waals surface area contributed by atoms with Crippen LogP contribution in [0, 0.1) is 0 Å². The van der Waals surface area contributed by atoms with Crippen LogP contribution >= 0.6 is 0 Å². The Morgan fingerprint density at radius 1 is 1.43 bits per heavy atom. The van der Waals surface area contributed by atoms with E-state index in [0.29, 0.717) is 12.8 Å². The van der Waals surface area contributed by atoms with Crippen LogP contribution in [0.15, 0.2) is 0 Å². The first-order chi connectivity index (χ1) is 3.41. The average molecular weight is 105 g/mol. The molecule has 0 aromatic rings. The summed E-state index contributed by atoms with van der Waals surface area (Å²) >= 11 is 0. The minimum Gasteiger partial charge on any atom is -0.396 e. The van der Waals surface area contributed by atoms with Crippen molar-refractivity contribution in [1.82, 2.24) is 0 Å². The first-order valence-electron chi connectivity index (χ1n) is 2.27. The Kier molecular flexibility index (Phi) is 5.78. The highest BCUT2D eigenvalue weighted by molar-refractivity contribution is 4.31. The third kappa shape index (κ3) is 5.88. The van der Waals surface area contributed by atoms with E-state index < -0.39 is 0 Å². The molecule has 0 aliphatic heterocycles. The maximum Gasteiger partial charge on any atom is 0.0855 e. The molecule has 0 aliphatic carbocycles. The molecule has 3 heteroatoms. The van der Waals surface area contributed by atoms with Gasteiger partial charge in [0, 0.05) is 6.61 Å². The van der Waals surface area contributed by atoms with E-state index in [2.05, 4.69) is 4.89 Å². The van der Waals surface area contributed by atoms with Gasteiger partial charge < -0.3 is 5.11 Å². The second kappa shape index (κ2) is 5.88. The Balaban J connectivity index is 2.45. The quantitative estimate of drug-likeness (QED) is 0.313. The predicted molar refractivity (Wildman–Crippen MR) is 23.0 cm³/mol. The van der Waals surface area contributed by atoms with Crippen molar-refractivity contribution < 1.29 is 15.3 Å². The summed E-state index contributed by atoms with van der Waals surface area (Å²) in [6.45, 7) is 0.351. The zero-order valence-electron chi connectivity index (χ0n) is 4.09. The largest absolute Gasteiger partial charge is 0.396 e. The average Bonchev–Trinajstić information content (AvgIpc) is 1.69. The zero-order valence-corrected chi connectivity index (χ0v) is 4.09. The Bertz CT molecular complexity index is 26.1. The van der Waals surface area contributed by atoms with Crippen LogP contribution in [0.2, 0.25) is 0 Å². The van der Waals surface area contributed by atoms with Crippen molar-refractivity contribution in [2.75, 3.05) is 13.2 Å². The van der Waals surface area contributed by atoms with E-state index in [1.807, 2.05) is 0 Å². The molecule has 0 bridgehead atoms. The topological polar surface area (TPSA) is 49.4 Å². The highest BCUT2D eigenvalue weighted by Crippen LogP contribution is 1.84. The third-order valence-electron chi connectivity index (χ3n) is 0.636. The lowest BCUT2D eigenvalue weighted by atomic mass is 10.3. The van der Waals surface area contributed by atoms with Crippen molar-refractivity contribution in [3.8, 4) is 0 Å². The smallest absolute Gasteiger partial charge is 0.0855 e. The monoisotopic (exact) mass is 105 g/mol. The van der Waals surface area contributed by atoms with Gasteiger partial charge in [0.1, 0.15) is 0 Å². The van der Waals surface area contributed by atoms with Crippen LogP contribution in [0.5, 0.6) is 0 Å². The van der Waals surface area contributed by atoms with Gasteiger partial charge in [-0.2, -0.15) is 0 Å². The molecule has 7 heavy (non-hydrogen) atoms. The van der Waals surface area contributed by atoms with E-state index in [9.17, 15) is 5.26 Å². The molecular weight excluding hydrogens is 96.0 g/mol. The summed E-state index contributed by atoms with van der Waals surface area (Å²) in [6.07, 6.45) is 1.31. The highest BCUT2D eigenvalue weighted by Gasteiger charge is 1.83. The minimum atomic E-state index is 0.142. The van der Waals surface area contributed by atoms with Gasteiger partial charge in [0.25, 0.3) is 0 Å². The SMILES string of the molecule is [O]OCCCCO. The Hall–Kier alpha value is -0.120. The van der Waals surface area contributed by atoms with Gasteiger partial charge in [0.05, 0.1) is 6.61 Å². The van der Waals surface area contributed by atoms with Crippen molar-refractivity contribution in [3.63, 3.8) is 0 Å². The van der Waals surface area contributed by atoms with Gasteiger partial charge in [-0.15, -0.1) is 0 Å². The van der Waals surface area contributed by atoms with E-state index in [4.69, 9.17) is 5.11 Å². The highest BCUT2D eigenvalue weighted by atomic mass is 17.1. The maximum absolute atomic E-state index is 9.22. The number of unbranched alkanes of at least 4 members (excludes halogenated alkanes) is 1. The molecule has 0 saturated carbocycles. The number of hydrogen-bond donors (Lipinski definition) is 1. The van der Waals surface area contributed by atoms with Crippen molar-refractivity contribution in [2.24, 2.45) is 0 Å². The standard InChI is InChI=1S/C4H9O3/c5-3-1-2-4-7-6/h5H,1-4H2. The normalized spacial score (nSPS) is 9.43. The molecule has 3 nitrogen and oxygen atoms in total. The molecule has 0 aromatic carbocycles. The van der Waals surface area contributed by atoms with Crippen molar-refractivity contribution in [2.45, 2.75) is 12.8 Å². The van der Waals surface area contributed by atoms with Gasteiger partial charge in [-0.1, -0.05) is 0 Å². The summed E-state index contributed by atoms with van der Waals surface area (Å²) in [5, 5.41) is 17.4. The van der Waals surface area contributed by atoms with Crippen molar-refractivity contribution in [1.29, 1.82) is 0 Å². The minimum absolute atomic E-state index is 0.142. The maximum atomic E-state index is 9.22. The molecule has 43 valence electrons. The van der Waals surface area contributed by atoms with Gasteiger partial charge in [-0.05, 0) is 18.1 Å². The summed E-state index contributed by atoms with van der Waals surface area (Å²) in [5.74, 6) is 0. The van der Waals surface area contributed by atoms with E-state index >= 15 is 0 Å². The number of aliphatic hydroxyl groups excluding tert-OH is 1. The van der Waals surface area contributed by atoms with E-state index in [-0.39, 0.29) is 13.2 Å². The number of rotatable bonds is 4. The van der Waals surface area contributed by atoms with Crippen LogP contribution in [-0.4, -0.2) is 18.3 Å². The van der Waals surface area contributed by atoms with Gasteiger partial charge in [-0.25, -0.2) is 4.89 Å². The van der Waals surface area contributed by atoms with Gasteiger partial charge in [0.2, 0.25) is 0 Å². The van der Waals surface area contributed by atoms with Crippen LogP contribution < -0.4 is 0 Å². The summed E-state index contributed by atoms with van der Waals surface area (Å²) in [5.41, 5.74) is 0. The second-order valence-corrected chi connectivity index (χ2v) is 1.25. The molecule has 0 atom stereocenters. The van der Waals surface area contributed by atoms with Gasteiger partial charge >= 0.3 is 0 Å². The molecule has 0 unspecified atom stereocenters. The summed E-state index contributed by atoms with van der Waals surface area (Å²) in [6, 6.07) is 0. The first kappa shape index (κ1) is 6.88. The van der Waals surface area contributed by atoms with E-state index in [1.54, 1.807) is 0 Å². The van der Waals surface area contributed by atoms with Crippen LogP contribution in [0.3, 0.4) is 0 Å². The summed E-state index contributed by atoms with van der Waals surface area (Å²) in [4.78, 5) is 3.48. The third-order valence-corrected chi connectivity index (χ3v) is 0.636. The summed E-state index contributed by atoms with van der Waals surface area (Å²) < 4.78 is 0. The Labute approximate surface area is 42.5 Å². The molecule has 0 amide bonds. The Morgan fingerprint density at radius 2 is 2.14 bits per heavy atom. The second-order valence-electron chi connectivity index (χ2n) is 1.25. The lowest BCUT2D eigenvalue weighted by Gasteiger charge is -1.88. The molecule has 0 saturated heterocycles. The molecule has 0 aromatic heterocycles. The molecule has 0 rings (SSSR count). The molecule has 0 heterocycles. The molecular formula is C4H9O3. The van der Waals surface area contributed by atoms with E-state index in [1.165, 1.54) is 0 Å². The predicted octanol–water partition coefficient (Wildman–Crippen LogP) is 0.121. The van der Waals surface area contributed by atoms with Crippen LogP contribution in [-0.2, 0) is 10.1 Å².